The second-order valence-electron chi connectivity index (χ2n) is 9.56. The van der Waals surface area contributed by atoms with E-state index < -0.39 is 39.6 Å². The molecule has 1 aliphatic rings. The lowest BCUT2D eigenvalue weighted by atomic mass is 9.77. The molecule has 5 rings (SSSR count). The first-order valence-corrected chi connectivity index (χ1v) is 15.5. The predicted molar refractivity (Wildman–Crippen MR) is 164 cm³/mol. The van der Waals surface area contributed by atoms with Crippen LogP contribution < -0.4 is 20.5 Å². The number of imide groups is 1. The van der Waals surface area contributed by atoms with Crippen molar-refractivity contribution < 1.29 is 27.6 Å². The number of benzene rings is 3. The SMILES string of the molecule is CON=C(C(=O)N[C@H]1CN(C(=O)NS(N)(=O)=O)C1=O)c1csc(NC(c2ccccc2)(c2ccccc2)c2ccccc2)n1. The number of nitrogens with one attached hydrogen (secondary N) is 3. The summed E-state index contributed by atoms with van der Waals surface area (Å²) in [5.41, 5.74) is 1.97. The maximum atomic E-state index is 13.2. The zero-order valence-corrected chi connectivity index (χ0v) is 24.8. The van der Waals surface area contributed by atoms with Gasteiger partial charge >= 0.3 is 6.03 Å². The van der Waals surface area contributed by atoms with E-state index >= 15 is 0 Å². The number of carbonyl (C=O) groups excluding carboxylic acids is 3. The van der Waals surface area contributed by atoms with Gasteiger partial charge in [-0.1, -0.05) is 96.2 Å². The first kappa shape index (κ1) is 30.3. The molecule has 1 fully saturated rings. The summed E-state index contributed by atoms with van der Waals surface area (Å²) in [7, 11) is -3.10. The molecule has 3 aromatic carbocycles. The number of hydrogen-bond donors (Lipinski definition) is 4. The Morgan fingerprint density at radius 3 is 1.95 bits per heavy atom. The number of β-lactam (4-membered cyclic amide) rings is 1. The number of anilines is 1. The lowest BCUT2D eigenvalue weighted by Crippen LogP contribution is -2.68. The largest absolute Gasteiger partial charge is 0.398 e. The minimum Gasteiger partial charge on any atom is -0.398 e. The molecule has 0 spiro atoms. The summed E-state index contributed by atoms with van der Waals surface area (Å²) in [6.07, 6.45) is 0. The highest BCUT2D eigenvalue weighted by atomic mass is 32.2. The Bertz CT molecular complexity index is 1700. The number of thiazole rings is 1. The summed E-state index contributed by atoms with van der Waals surface area (Å²) < 4.78 is 23.7. The van der Waals surface area contributed by atoms with Crippen LogP contribution in [0.1, 0.15) is 22.4 Å². The van der Waals surface area contributed by atoms with E-state index in [0.717, 1.165) is 16.7 Å². The van der Waals surface area contributed by atoms with E-state index in [1.165, 1.54) is 23.2 Å². The van der Waals surface area contributed by atoms with Gasteiger partial charge in [-0.15, -0.1) is 11.3 Å². The van der Waals surface area contributed by atoms with E-state index in [2.05, 4.69) is 20.8 Å². The Hall–Kier alpha value is -5.12. The fourth-order valence-electron chi connectivity index (χ4n) is 4.80. The molecule has 0 aliphatic carbocycles. The van der Waals surface area contributed by atoms with Crippen molar-refractivity contribution in [3.63, 3.8) is 0 Å². The molecule has 0 saturated carbocycles. The second kappa shape index (κ2) is 12.6. The number of nitrogens with zero attached hydrogens (tertiary/aromatic N) is 3. The molecule has 5 N–H and O–H groups in total. The fraction of sp³-hybridized carbons (Fsp3) is 0.138. The molecule has 2 heterocycles. The van der Waals surface area contributed by atoms with Gasteiger partial charge in [0.05, 0.1) is 6.54 Å². The third kappa shape index (κ3) is 6.29. The van der Waals surface area contributed by atoms with Gasteiger partial charge in [0, 0.05) is 5.38 Å². The molecule has 0 bridgehead atoms. The number of hydrogen-bond acceptors (Lipinski definition) is 10. The monoisotopic (exact) mass is 633 g/mol. The van der Waals surface area contributed by atoms with Crippen LogP contribution in [0.25, 0.3) is 0 Å². The zero-order valence-electron chi connectivity index (χ0n) is 23.2. The number of nitrogens with two attached hydrogens (primary N) is 1. The number of amides is 4. The number of rotatable bonds is 10. The van der Waals surface area contributed by atoms with Crippen LogP contribution in [0.3, 0.4) is 0 Å². The van der Waals surface area contributed by atoms with E-state index in [1.807, 2.05) is 91.0 Å². The van der Waals surface area contributed by atoms with Crippen molar-refractivity contribution in [2.75, 3.05) is 19.0 Å². The molecule has 226 valence electrons. The van der Waals surface area contributed by atoms with Gasteiger partial charge in [0.2, 0.25) is 0 Å². The van der Waals surface area contributed by atoms with Crippen molar-refractivity contribution >= 4 is 50.2 Å². The molecule has 13 nitrogen and oxygen atoms in total. The van der Waals surface area contributed by atoms with E-state index in [4.69, 9.17) is 9.98 Å². The highest BCUT2D eigenvalue weighted by Crippen LogP contribution is 2.40. The maximum Gasteiger partial charge on any atom is 0.338 e. The normalized spacial score (nSPS) is 15.2. The minimum atomic E-state index is -4.36. The molecule has 4 aromatic rings. The number of aromatic nitrogens is 1. The van der Waals surface area contributed by atoms with Crippen molar-refractivity contribution in [2.45, 2.75) is 11.6 Å². The predicted octanol–water partition coefficient (Wildman–Crippen LogP) is 2.14. The van der Waals surface area contributed by atoms with Crippen LogP contribution in [0.2, 0.25) is 0 Å². The van der Waals surface area contributed by atoms with Crippen LogP contribution in [0.15, 0.2) is 102 Å². The summed E-state index contributed by atoms with van der Waals surface area (Å²) in [5, 5.41) is 16.8. The third-order valence-electron chi connectivity index (χ3n) is 6.77. The summed E-state index contributed by atoms with van der Waals surface area (Å²) in [5.74, 6) is -1.61. The quantitative estimate of drug-likeness (QED) is 0.0886. The number of carbonyl (C=O) groups is 3. The summed E-state index contributed by atoms with van der Waals surface area (Å²) in [4.78, 5) is 47.7. The van der Waals surface area contributed by atoms with Crippen molar-refractivity contribution in [3.05, 3.63) is 119 Å². The molecule has 1 atom stereocenters. The van der Waals surface area contributed by atoms with E-state index in [-0.39, 0.29) is 18.0 Å². The van der Waals surface area contributed by atoms with Crippen LogP contribution >= 0.6 is 11.3 Å². The number of urea groups is 1. The smallest absolute Gasteiger partial charge is 0.338 e. The standard InChI is InChI=1S/C29H27N7O6S2/c1-42-34-24(25(37)31-22-17-36(26(22)38)28(39)35-44(30,40)41)23-18-43-27(32-23)33-29(19-11-5-2-6-12-19,20-13-7-3-8-14-20)21-15-9-4-10-16-21/h2-16,18,22H,17H2,1H3,(H,31,37)(H,32,33)(H,35,39)(H2,30,40,41)/t22-/m0/s1. The van der Waals surface area contributed by atoms with E-state index in [0.29, 0.717) is 10.0 Å². The van der Waals surface area contributed by atoms with Gasteiger partial charge in [-0.25, -0.2) is 19.6 Å². The second-order valence-corrected chi connectivity index (χ2v) is 11.7. The highest BCUT2D eigenvalue weighted by Gasteiger charge is 2.43. The van der Waals surface area contributed by atoms with Crippen LogP contribution in [-0.2, 0) is 30.2 Å². The molecule has 0 unspecified atom stereocenters. The molecule has 4 amide bonds. The molecule has 1 aliphatic heterocycles. The summed E-state index contributed by atoms with van der Waals surface area (Å²) in [6.45, 7) is -0.274. The molecule has 1 aromatic heterocycles. The van der Waals surface area contributed by atoms with Gasteiger partial charge < -0.3 is 15.5 Å². The lowest BCUT2D eigenvalue weighted by Gasteiger charge is -2.36. The van der Waals surface area contributed by atoms with Gasteiger partial charge in [-0.05, 0) is 16.7 Å². The van der Waals surface area contributed by atoms with E-state index in [1.54, 1.807) is 5.38 Å². The lowest BCUT2D eigenvalue weighted by molar-refractivity contribution is -0.141. The van der Waals surface area contributed by atoms with Crippen LogP contribution in [-0.4, -0.2) is 61.6 Å². The summed E-state index contributed by atoms with van der Waals surface area (Å²) >= 11 is 1.25. The van der Waals surface area contributed by atoms with Crippen molar-refractivity contribution in [1.82, 2.24) is 19.9 Å². The van der Waals surface area contributed by atoms with Gasteiger partial charge in [0.25, 0.3) is 22.0 Å². The Morgan fingerprint density at radius 1 is 0.977 bits per heavy atom. The highest BCUT2D eigenvalue weighted by molar-refractivity contribution is 7.87. The molecular weight excluding hydrogens is 606 g/mol. The van der Waals surface area contributed by atoms with Gasteiger partial charge in [0.1, 0.15) is 24.4 Å². The Labute approximate surface area is 256 Å². The van der Waals surface area contributed by atoms with Crippen LogP contribution in [0.5, 0.6) is 0 Å². The van der Waals surface area contributed by atoms with Crippen LogP contribution in [0, 0.1) is 0 Å². The van der Waals surface area contributed by atoms with E-state index in [9.17, 15) is 22.8 Å². The maximum absolute atomic E-state index is 13.2. The summed E-state index contributed by atoms with van der Waals surface area (Å²) in [6, 6.07) is 27.4. The van der Waals surface area contributed by atoms with Crippen LogP contribution in [0.4, 0.5) is 9.93 Å². The van der Waals surface area contributed by atoms with Crippen molar-refractivity contribution in [2.24, 2.45) is 10.3 Å². The minimum absolute atomic E-state index is 0.176. The van der Waals surface area contributed by atoms with Gasteiger partial charge in [-0.3, -0.25) is 14.5 Å². The van der Waals surface area contributed by atoms with Crippen molar-refractivity contribution in [3.8, 4) is 0 Å². The Balaban J connectivity index is 1.42. The first-order valence-electron chi connectivity index (χ1n) is 13.1. The molecule has 1 saturated heterocycles. The van der Waals surface area contributed by atoms with Gasteiger partial charge in [0.15, 0.2) is 10.8 Å². The fourth-order valence-corrected chi connectivity index (χ4v) is 5.90. The number of oxime groups is 1. The number of likely N-dealkylation sites (tertiary alicyclic amines) is 1. The molecule has 44 heavy (non-hydrogen) atoms. The van der Waals surface area contributed by atoms with Gasteiger partial charge in [-0.2, -0.15) is 8.42 Å². The Kier molecular flexibility index (Phi) is 8.71. The Morgan fingerprint density at radius 2 is 1.50 bits per heavy atom. The zero-order chi connectivity index (χ0) is 31.3. The topological polar surface area (TPSA) is 185 Å². The average molecular weight is 634 g/mol. The average Bonchev–Trinajstić information content (AvgIpc) is 3.48. The molecular formula is C29H27N7O6S2. The third-order valence-corrected chi connectivity index (χ3v) is 7.99. The molecule has 15 heteroatoms. The van der Waals surface area contributed by atoms with Crippen molar-refractivity contribution in [1.29, 1.82) is 0 Å². The first-order chi connectivity index (χ1) is 21.1. The molecule has 0 radical (unpaired) electrons.